The van der Waals surface area contributed by atoms with Gasteiger partial charge in [-0.05, 0) is 37.0 Å². The highest BCUT2D eigenvalue weighted by Crippen LogP contribution is 2.33. The van der Waals surface area contributed by atoms with E-state index in [1.54, 1.807) is 7.11 Å². The summed E-state index contributed by atoms with van der Waals surface area (Å²) in [6.45, 7) is 0.940. The number of aromatic nitrogens is 3. The highest BCUT2D eigenvalue weighted by atomic mass is 16.5. The second kappa shape index (κ2) is 7.59. The van der Waals surface area contributed by atoms with E-state index in [0.717, 1.165) is 36.8 Å². The molecule has 0 saturated heterocycles. The fourth-order valence-corrected chi connectivity index (χ4v) is 3.27. The predicted octanol–water partition coefficient (Wildman–Crippen LogP) is 2.92. The van der Waals surface area contributed by atoms with Crippen LogP contribution in [0.4, 0.5) is 0 Å². The molecule has 0 spiro atoms. The Morgan fingerprint density at radius 2 is 1.96 bits per heavy atom. The van der Waals surface area contributed by atoms with Gasteiger partial charge in [-0.25, -0.2) is 9.67 Å². The van der Waals surface area contributed by atoms with Crippen molar-refractivity contribution < 1.29 is 9.84 Å². The predicted molar refractivity (Wildman–Crippen MR) is 88.7 cm³/mol. The monoisotopic (exact) mass is 315 g/mol. The topological polar surface area (TPSA) is 60.2 Å². The average molecular weight is 315 g/mol. The van der Waals surface area contributed by atoms with E-state index in [1.165, 1.54) is 31.2 Å². The molecular formula is C18H25N3O2. The van der Waals surface area contributed by atoms with Crippen molar-refractivity contribution in [2.75, 3.05) is 13.7 Å². The summed E-state index contributed by atoms with van der Waals surface area (Å²) >= 11 is 0. The van der Waals surface area contributed by atoms with E-state index in [9.17, 15) is 0 Å². The molecule has 1 N–H and O–H groups in total. The Bertz CT molecular complexity index is 616. The molecule has 5 nitrogen and oxygen atoms in total. The van der Waals surface area contributed by atoms with Crippen molar-refractivity contribution in [3.8, 4) is 5.75 Å². The molecule has 1 saturated carbocycles. The number of aliphatic hydroxyl groups is 1. The molecule has 1 aromatic heterocycles. The summed E-state index contributed by atoms with van der Waals surface area (Å²) in [5.41, 5.74) is 1.18. The molecule has 0 atom stereocenters. The van der Waals surface area contributed by atoms with Crippen LogP contribution >= 0.6 is 0 Å². The van der Waals surface area contributed by atoms with Crippen LogP contribution in [0.2, 0.25) is 0 Å². The Labute approximate surface area is 137 Å². The summed E-state index contributed by atoms with van der Waals surface area (Å²) in [6.07, 6.45) is 6.44. The second-order valence-electron chi connectivity index (χ2n) is 6.19. The van der Waals surface area contributed by atoms with Crippen molar-refractivity contribution in [3.05, 3.63) is 41.5 Å². The number of nitrogens with zero attached hydrogens (tertiary/aromatic N) is 3. The number of aliphatic hydroxyl groups excluding tert-OH is 1. The summed E-state index contributed by atoms with van der Waals surface area (Å²) in [4.78, 5) is 4.82. The Morgan fingerprint density at radius 1 is 1.22 bits per heavy atom. The van der Waals surface area contributed by atoms with Crippen molar-refractivity contribution in [1.29, 1.82) is 0 Å². The zero-order valence-corrected chi connectivity index (χ0v) is 13.7. The first kappa shape index (κ1) is 16.0. The highest BCUT2D eigenvalue weighted by Gasteiger charge is 2.23. The summed E-state index contributed by atoms with van der Waals surface area (Å²) in [5.74, 6) is 3.38. The summed E-state index contributed by atoms with van der Waals surface area (Å²) in [7, 11) is 1.67. The molecule has 0 aliphatic heterocycles. The molecule has 5 heteroatoms. The minimum Gasteiger partial charge on any atom is -0.497 e. The zero-order chi connectivity index (χ0) is 16.1. The van der Waals surface area contributed by atoms with Crippen LogP contribution < -0.4 is 4.74 Å². The van der Waals surface area contributed by atoms with Crippen molar-refractivity contribution in [2.24, 2.45) is 0 Å². The maximum atomic E-state index is 9.10. The molecular weight excluding hydrogens is 290 g/mol. The van der Waals surface area contributed by atoms with E-state index < -0.39 is 0 Å². The van der Waals surface area contributed by atoms with Gasteiger partial charge >= 0.3 is 0 Å². The van der Waals surface area contributed by atoms with Crippen LogP contribution in [0.15, 0.2) is 24.3 Å². The molecule has 1 aliphatic carbocycles. The van der Waals surface area contributed by atoms with Crippen molar-refractivity contribution in [1.82, 2.24) is 14.8 Å². The molecule has 1 aromatic carbocycles. The molecule has 0 bridgehead atoms. The Hall–Kier alpha value is -1.88. The van der Waals surface area contributed by atoms with Gasteiger partial charge in [-0.2, -0.15) is 5.10 Å². The first-order valence-corrected chi connectivity index (χ1v) is 8.47. The number of methoxy groups -OCH3 is 1. The van der Waals surface area contributed by atoms with Crippen LogP contribution in [0.5, 0.6) is 5.75 Å². The van der Waals surface area contributed by atoms with E-state index in [0.29, 0.717) is 5.92 Å². The van der Waals surface area contributed by atoms with Crippen molar-refractivity contribution in [3.63, 3.8) is 0 Å². The van der Waals surface area contributed by atoms with Gasteiger partial charge in [0.25, 0.3) is 0 Å². The molecule has 0 unspecified atom stereocenters. The maximum Gasteiger partial charge on any atom is 0.155 e. The van der Waals surface area contributed by atoms with Gasteiger partial charge < -0.3 is 9.84 Å². The molecule has 3 rings (SSSR count). The minimum atomic E-state index is 0.192. The van der Waals surface area contributed by atoms with Gasteiger partial charge in [-0.1, -0.05) is 25.0 Å². The van der Waals surface area contributed by atoms with Crippen LogP contribution in [-0.4, -0.2) is 33.6 Å². The molecule has 2 aromatic rings. The number of benzene rings is 1. The van der Waals surface area contributed by atoms with E-state index in [2.05, 4.69) is 12.1 Å². The van der Waals surface area contributed by atoms with E-state index >= 15 is 0 Å². The fraction of sp³-hybridized carbons (Fsp3) is 0.556. The number of hydrogen-bond acceptors (Lipinski definition) is 4. The lowest BCUT2D eigenvalue weighted by Crippen LogP contribution is -2.10. The fourth-order valence-electron chi connectivity index (χ4n) is 3.27. The molecule has 0 radical (unpaired) electrons. The van der Waals surface area contributed by atoms with Crippen molar-refractivity contribution >= 4 is 0 Å². The first-order chi connectivity index (χ1) is 11.3. The number of aryl methyl sites for hydroxylation is 1. The third-order valence-corrected chi connectivity index (χ3v) is 4.51. The second-order valence-corrected chi connectivity index (χ2v) is 6.19. The van der Waals surface area contributed by atoms with Crippen LogP contribution in [0.25, 0.3) is 0 Å². The van der Waals surface area contributed by atoms with Crippen LogP contribution in [0.3, 0.4) is 0 Å². The smallest absolute Gasteiger partial charge is 0.155 e. The molecule has 1 heterocycles. The lowest BCUT2D eigenvalue weighted by atomic mass is 10.1. The third kappa shape index (κ3) is 3.91. The largest absolute Gasteiger partial charge is 0.497 e. The van der Waals surface area contributed by atoms with Gasteiger partial charge in [0.05, 0.1) is 7.11 Å². The first-order valence-electron chi connectivity index (χ1n) is 8.47. The van der Waals surface area contributed by atoms with Gasteiger partial charge in [0.15, 0.2) is 5.82 Å². The van der Waals surface area contributed by atoms with Gasteiger partial charge in [-0.3, -0.25) is 0 Å². The van der Waals surface area contributed by atoms with E-state index in [1.807, 2.05) is 16.8 Å². The lowest BCUT2D eigenvalue weighted by molar-refractivity contribution is 0.275. The number of rotatable bonds is 7. The van der Waals surface area contributed by atoms with Gasteiger partial charge in [-0.15, -0.1) is 0 Å². The highest BCUT2D eigenvalue weighted by molar-refractivity contribution is 5.28. The normalized spacial score (nSPS) is 15.2. The summed E-state index contributed by atoms with van der Waals surface area (Å²) in [6, 6.07) is 8.05. The average Bonchev–Trinajstić information content (AvgIpc) is 3.23. The minimum absolute atomic E-state index is 0.192. The molecule has 23 heavy (non-hydrogen) atoms. The van der Waals surface area contributed by atoms with Crippen molar-refractivity contribution in [2.45, 2.75) is 51.0 Å². The quantitative estimate of drug-likeness (QED) is 0.853. The van der Waals surface area contributed by atoms with Gasteiger partial charge in [0.2, 0.25) is 0 Å². The standard InChI is InChI=1S/C18H25N3O2/c1-23-16-9-7-14(8-10-16)13-17-19-18(15-5-2-3-6-15)21(20-17)11-4-12-22/h7-10,15,22H,2-6,11-13H2,1H3. The summed E-state index contributed by atoms with van der Waals surface area (Å²) in [5, 5.41) is 13.8. The number of hydrogen-bond donors (Lipinski definition) is 1. The van der Waals surface area contributed by atoms with Crippen LogP contribution in [0, 0.1) is 0 Å². The van der Waals surface area contributed by atoms with Gasteiger partial charge in [0.1, 0.15) is 11.6 Å². The van der Waals surface area contributed by atoms with Crippen LogP contribution in [0.1, 0.15) is 55.2 Å². The molecule has 1 fully saturated rings. The molecule has 0 amide bonds. The Kier molecular flexibility index (Phi) is 5.28. The Balaban J connectivity index is 1.77. The SMILES string of the molecule is COc1ccc(Cc2nc(C3CCCC3)n(CCCO)n2)cc1. The Morgan fingerprint density at radius 3 is 2.61 bits per heavy atom. The van der Waals surface area contributed by atoms with Gasteiger partial charge in [0, 0.05) is 25.5 Å². The lowest BCUT2D eigenvalue weighted by Gasteiger charge is -2.09. The molecule has 1 aliphatic rings. The van der Waals surface area contributed by atoms with E-state index in [4.69, 9.17) is 19.9 Å². The third-order valence-electron chi connectivity index (χ3n) is 4.51. The summed E-state index contributed by atoms with van der Waals surface area (Å²) < 4.78 is 7.21. The van der Waals surface area contributed by atoms with E-state index in [-0.39, 0.29) is 6.61 Å². The molecule has 124 valence electrons. The van der Waals surface area contributed by atoms with Crippen LogP contribution in [-0.2, 0) is 13.0 Å². The maximum absolute atomic E-state index is 9.10. The number of ether oxygens (including phenoxy) is 1. The zero-order valence-electron chi connectivity index (χ0n) is 13.7.